The molecule has 1 aromatic rings. The van der Waals surface area contributed by atoms with Gasteiger partial charge in [0.1, 0.15) is 0 Å². The number of carboxylic acid groups (broad SMARTS) is 1. The van der Waals surface area contributed by atoms with Gasteiger partial charge < -0.3 is 15.2 Å². The molecule has 15 heavy (non-hydrogen) atoms. The van der Waals surface area contributed by atoms with E-state index in [4.69, 9.17) is 0 Å². The lowest BCUT2D eigenvalue weighted by atomic mass is 10.1. The van der Waals surface area contributed by atoms with Crippen molar-refractivity contribution in [3.05, 3.63) is 35.4 Å². The fourth-order valence-corrected chi connectivity index (χ4v) is 1.16. The molecule has 1 N–H and O–H groups in total. The molecule has 0 aromatic heterocycles. The second-order valence-corrected chi connectivity index (χ2v) is 3.33. The molecule has 4 nitrogen and oxygen atoms in total. The molecule has 0 unspecified atom stereocenters. The van der Waals surface area contributed by atoms with Crippen LogP contribution in [0.2, 0.25) is 0 Å². The largest absolute Gasteiger partial charge is 0.548 e. The monoisotopic (exact) mass is 206 g/mol. The third-order valence-corrected chi connectivity index (χ3v) is 2.09. The Morgan fingerprint density at radius 1 is 1.33 bits per heavy atom. The van der Waals surface area contributed by atoms with Crippen molar-refractivity contribution < 1.29 is 14.7 Å². The van der Waals surface area contributed by atoms with E-state index in [2.05, 4.69) is 5.32 Å². The smallest absolute Gasteiger partial charge is 0.252 e. The highest BCUT2D eigenvalue weighted by Gasteiger charge is 2.11. The van der Waals surface area contributed by atoms with Crippen molar-refractivity contribution in [1.29, 1.82) is 0 Å². The van der Waals surface area contributed by atoms with Crippen LogP contribution in [0.1, 0.15) is 22.8 Å². The summed E-state index contributed by atoms with van der Waals surface area (Å²) in [5, 5.41) is 12.8. The molecule has 0 saturated heterocycles. The average molecular weight is 206 g/mol. The standard InChI is InChI=1S/C11H13NO3/c1-7-5-3-4-6-9(7)10(13)12-8(2)11(14)15/h3-6,8H,1-2H3,(H,12,13)(H,14,15)/p-1/t8-/m1/s1. The highest BCUT2D eigenvalue weighted by Crippen LogP contribution is 2.06. The maximum absolute atomic E-state index is 11.6. The molecule has 1 amide bonds. The van der Waals surface area contributed by atoms with Crippen molar-refractivity contribution in [2.24, 2.45) is 0 Å². The van der Waals surface area contributed by atoms with Gasteiger partial charge in [0.2, 0.25) is 0 Å². The zero-order valence-corrected chi connectivity index (χ0v) is 8.61. The number of hydrogen-bond donors (Lipinski definition) is 1. The van der Waals surface area contributed by atoms with Crippen LogP contribution >= 0.6 is 0 Å². The lowest BCUT2D eigenvalue weighted by Crippen LogP contribution is -2.46. The minimum Gasteiger partial charge on any atom is -0.548 e. The molecule has 0 saturated carbocycles. The summed E-state index contributed by atoms with van der Waals surface area (Å²) in [6.45, 7) is 3.16. The first-order valence-corrected chi connectivity index (χ1v) is 4.59. The number of nitrogens with one attached hydrogen (secondary N) is 1. The second kappa shape index (κ2) is 4.59. The molecule has 80 valence electrons. The maximum atomic E-state index is 11.6. The van der Waals surface area contributed by atoms with E-state index < -0.39 is 17.9 Å². The number of aryl methyl sites for hydroxylation is 1. The number of carboxylic acids is 1. The number of benzene rings is 1. The molecule has 0 aliphatic rings. The summed E-state index contributed by atoms with van der Waals surface area (Å²) in [5.41, 5.74) is 1.28. The van der Waals surface area contributed by atoms with Gasteiger partial charge in [0, 0.05) is 5.56 Å². The van der Waals surface area contributed by atoms with Crippen LogP contribution in [0.3, 0.4) is 0 Å². The molecule has 0 spiro atoms. The van der Waals surface area contributed by atoms with E-state index in [1.807, 2.05) is 6.07 Å². The quantitative estimate of drug-likeness (QED) is 0.748. The Morgan fingerprint density at radius 2 is 1.93 bits per heavy atom. The van der Waals surface area contributed by atoms with E-state index in [1.165, 1.54) is 6.92 Å². The highest BCUT2D eigenvalue weighted by molar-refractivity contribution is 5.97. The van der Waals surface area contributed by atoms with Crippen LogP contribution in [0.15, 0.2) is 24.3 Å². The predicted octanol–water partition coefficient (Wildman–Crippen LogP) is -0.137. The summed E-state index contributed by atoms with van der Waals surface area (Å²) in [6.07, 6.45) is 0. The first kappa shape index (κ1) is 11.2. The van der Waals surface area contributed by atoms with Crippen molar-refractivity contribution in [1.82, 2.24) is 5.32 Å². The Balaban J connectivity index is 2.78. The minimum absolute atomic E-state index is 0.398. The molecular weight excluding hydrogens is 194 g/mol. The van der Waals surface area contributed by atoms with Crippen molar-refractivity contribution in [3.63, 3.8) is 0 Å². The van der Waals surface area contributed by atoms with Gasteiger partial charge in [-0.2, -0.15) is 0 Å². The number of hydrogen-bond acceptors (Lipinski definition) is 3. The Labute approximate surface area is 87.9 Å². The first-order chi connectivity index (χ1) is 7.02. The van der Waals surface area contributed by atoms with E-state index in [9.17, 15) is 14.7 Å². The topological polar surface area (TPSA) is 69.2 Å². The molecule has 4 heteroatoms. The molecule has 1 aromatic carbocycles. The molecule has 0 fully saturated rings. The second-order valence-electron chi connectivity index (χ2n) is 3.33. The van der Waals surface area contributed by atoms with Crippen LogP contribution in [0.4, 0.5) is 0 Å². The number of rotatable bonds is 3. The molecule has 0 radical (unpaired) electrons. The fraction of sp³-hybridized carbons (Fsp3) is 0.273. The van der Waals surface area contributed by atoms with E-state index in [0.29, 0.717) is 5.56 Å². The zero-order chi connectivity index (χ0) is 11.4. The van der Waals surface area contributed by atoms with Gasteiger partial charge in [-0.15, -0.1) is 0 Å². The van der Waals surface area contributed by atoms with Crippen LogP contribution in [0, 0.1) is 6.92 Å². The molecule has 0 aliphatic heterocycles. The van der Waals surface area contributed by atoms with Gasteiger partial charge in [-0.3, -0.25) is 4.79 Å². The van der Waals surface area contributed by atoms with Crippen molar-refractivity contribution >= 4 is 11.9 Å². The number of aliphatic carboxylic acids is 1. The summed E-state index contributed by atoms with van der Waals surface area (Å²) in [7, 11) is 0. The van der Waals surface area contributed by atoms with Gasteiger partial charge in [-0.1, -0.05) is 18.2 Å². The van der Waals surface area contributed by atoms with E-state index in [-0.39, 0.29) is 0 Å². The SMILES string of the molecule is Cc1ccccc1C(=O)N[C@H](C)C(=O)[O-]. The lowest BCUT2D eigenvalue weighted by molar-refractivity contribution is -0.307. The molecule has 0 aliphatic carbocycles. The summed E-state index contributed by atoms with van der Waals surface area (Å²) >= 11 is 0. The summed E-state index contributed by atoms with van der Waals surface area (Å²) in [6, 6.07) is 5.99. The van der Waals surface area contributed by atoms with Gasteiger partial charge in [0.05, 0.1) is 12.0 Å². The van der Waals surface area contributed by atoms with Crippen LogP contribution in [-0.4, -0.2) is 17.9 Å². The molecule has 0 bridgehead atoms. The first-order valence-electron chi connectivity index (χ1n) is 4.59. The van der Waals surface area contributed by atoms with Gasteiger partial charge >= 0.3 is 0 Å². The Morgan fingerprint density at radius 3 is 2.47 bits per heavy atom. The normalized spacial score (nSPS) is 11.9. The number of carbonyl (C=O) groups is 2. The Bertz CT molecular complexity index is 387. The zero-order valence-electron chi connectivity index (χ0n) is 8.61. The maximum Gasteiger partial charge on any atom is 0.252 e. The van der Waals surface area contributed by atoms with Crippen LogP contribution < -0.4 is 10.4 Å². The van der Waals surface area contributed by atoms with Crippen LogP contribution in [-0.2, 0) is 4.79 Å². The van der Waals surface area contributed by atoms with Gasteiger partial charge in [-0.05, 0) is 25.5 Å². The van der Waals surface area contributed by atoms with Crippen LogP contribution in [0.25, 0.3) is 0 Å². The summed E-state index contributed by atoms with van der Waals surface area (Å²) in [5.74, 6) is -1.69. The minimum atomic E-state index is -1.29. The van der Waals surface area contributed by atoms with E-state index in [1.54, 1.807) is 25.1 Å². The average Bonchev–Trinajstić information content (AvgIpc) is 2.18. The molecular formula is C11H12NO3-. The van der Waals surface area contributed by atoms with E-state index >= 15 is 0 Å². The summed E-state index contributed by atoms with van der Waals surface area (Å²) in [4.78, 5) is 22.0. The van der Waals surface area contributed by atoms with Gasteiger partial charge in [0.15, 0.2) is 0 Å². The third kappa shape index (κ3) is 2.80. The van der Waals surface area contributed by atoms with Crippen molar-refractivity contribution in [2.75, 3.05) is 0 Å². The predicted molar refractivity (Wildman–Crippen MR) is 53.1 cm³/mol. The van der Waals surface area contributed by atoms with Crippen molar-refractivity contribution in [2.45, 2.75) is 19.9 Å². The number of carbonyl (C=O) groups excluding carboxylic acids is 2. The van der Waals surface area contributed by atoms with Crippen LogP contribution in [0.5, 0.6) is 0 Å². The third-order valence-electron chi connectivity index (χ3n) is 2.09. The fourth-order valence-electron chi connectivity index (χ4n) is 1.16. The highest BCUT2D eigenvalue weighted by atomic mass is 16.4. The Kier molecular flexibility index (Phi) is 3.44. The van der Waals surface area contributed by atoms with Gasteiger partial charge in [-0.25, -0.2) is 0 Å². The number of amides is 1. The van der Waals surface area contributed by atoms with Crippen molar-refractivity contribution in [3.8, 4) is 0 Å². The molecule has 1 atom stereocenters. The lowest BCUT2D eigenvalue weighted by Gasteiger charge is -2.15. The molecule has 1 rings (SSSR count). The molecule has 0 heterocycles. The van der Waals surface area contributed by atoms with E-state index in [0.717, 1.165) is 5.56 Å². The Hall–Kier alpha value is -1.84. The summed E-state index contributed by atoms with van der Waals surface area (Å²) < 4.78 is 0. The van der Waals surface area contributed by atoms with Gasteiger partial charge in [0.25, 0.3) is 5.91 Å².